The maximum Gasteiger partial charge on any atom is 0.406 e. The highest BCUT2D eigenvalue weighted by atomic mass is 19.4. The number of aromatic nitrogens is 2. The number of nitrogens with two attached hydrogens (primary N) is 1. The molecule has 0 amide bonds. The van der Waals surface area contributed by atoms with Gasteiger partial charge in [-0.15, -0.1) is 0 Å². The van der Waals surface area contributed by atoms with Crippen molar-refractivity contribution in [3.05, 3.63) is 17.5 Å². The number of hydrogen-bond acceptors (Lipinski definition) is 4. The van der Waals surface area contributed by atoms with Gasteiger partial charge in [-0.3, -0.25) is 0 Å². The first-order valence-corrected chi connectivity index (χ1v) is 4.64. The van der Waals surface area contributed by atoms with E-state index < -0.39 is 12.7 Å². The molecule has 0 aliphatic carbocycles. The second-order valence-electron chi connectivity index (χ2n) is 3.48. The van der Waals surface area contributed by atoms with Gasteiger partial charge >= 0.3 is 6.18 Å². The predicted octanol–water partition coefficient (Wildman–Crippen LogP) is 1.24. The molecule has 90 valence electrons. The second-order valence-corrected chi connectivity index (χ2v) is 3.48. The van der Waals surface area contributed by atoms with Crippen LogP contribution in [0.2, 0.25) is 0 Å². The minimum absolute atomic E-state index is 0.0396. The molecule has 1 aromatic rings. The maximum atomic E-state index is 12.2. The first-order valence-electron chi connectivity index (χ1n) is 4.64. The molecule has 0 radical (unpaired) electrons. The van der Waals surface area contributed by atoms with Gasteiger partial charge in [-0.1, -0.05) is 0 Å². The van der Waals surface area contributed by atoms with Crippen LogP contribution < -0.4 is 10.6 Å². The van der Waals surface area contributed by atoms with E-state index in [0.717, 1.165) is 4.90 Å². The van der Waals surface area contributed by atoms with E-state index in [9.17, 15) is 13.2 Å². The van der Waals surface area contributed by atoms with Crippen molar-refractivity contribution in [1.82, 2.24) is 9.97 Å². The van der Waals surface area contributed by atoms with Crippen LogP contribution in [-0.4, -0.2) is 29.7 Å². The van der Waals surface area contributed by atoms with Crippen molar-refractivity contribution in [2.75, 3.05) is 18.5 Å². The van der Waals surface area contributed by atoms with Gasteiger partial charge in [-0.25, -0.2) is 9.97 Å². The van der Waals surface area contributed by atoms with Crippen LogP contribution in [0, 0.1) is 6.92 Å². The molecule has 16 heavy (non-hydrogen) atoms. The monoisotopic (exact) mass is 234 g/mol. The van der Waals surface area contributed by atoms with Gasteiger partial charge in [0.25, 0.3) is 0 Å². The lowest BCUT2D eigenvalue weighted by Crippen LogP contribution is -2.32. The molecule has 1 heterocycles. The van der Waals surface area contributed by atoms with Crippen LogP contribution in [-0.2, 0) is 6.54 Å². The molecule has 1 rings (SSSR count). The van der Waals surface area contributed by atoms with Gasteiger partial charge in [0.1, 0.15) is 6.54 Å². The highest BCUT2D eigenvalue weighted by molar-refractivity contribution is 5.31. The van der Waals surface area contributed by atoms with Crippen molar-refractivity contribution in [2.45, 2.75) is 19.6 Å². The van der Waals surface area contributed by atoms with Crippen LogP contribution >= 0.6 is 0 Å². The predicted molar refractivity (Wildman–Crippen MR) is 54.0 cm³/mol. The summed E-state index contributed by atoms with van der Waals surface area (Å²) in [6.45, 7) is 0.780. The Hall–Kier alpha value is -1.37. The third-order valence-electron chi connectivity index (χ3n) is 1.86. The molecule has 0 saturated carbocycles. The SMILES string of the molecule is Cc1cc(CN)nc(N(C)CC(F)(F)F)n1. The molecule has 0 fully saturated rings. The van der Waals surface area contributed by atoms with Crippen molar-refractivity contribution in [1.29, 1.82) is 0 Å². The molecule has 0 spiro atoms. The first-order chi connectivity index (χ1) is 7.31. The smallest absolute Gasteiger partial charge is 0.335 e. The average molecular weight is 234 g/mol. The number of anilines is 1. The van der Waals surface area contributed by atoms with E-state index in [-0.39, 0.29) is 12.5 Å². The minimum atomic E-state index is -4.27. The highest BCUT2D eigenvalue weighted by Crippen LogP contribution is 2.18. The molecule has 0 atom stereocenters. The fourth-order valence-corrected chi connectivity index (χ4v) is 1.23. The molecule has 4 nitrogen and oxygen atoms in total. The zero-order chi connectivity index (χ0) is 12.3. The Morgan fingerprint density at radius 3 is 2.50 bits per heavy atom. The molecule has 0 unspecified atom stereocenters. The van der Waals surface area contributed by atoms with Crippen molar-refractivity contribution < 1.29 is 13.2 Å². The summed E-state index contributed by atoms with van der Waals surface area (Å²) in [5.41, 5.74) is 6.51. The van der Waals surface area contributed by atoms with Gasteiger partial charge in [-0.2, -0.15) is 13.2 Å². The Morgan fingerprint density at radius 2 is 2.00 bits per heavy atom. The van der Waals surface area contributed by atoms with Crippen LogP contribution in [0.1, 0.15) is 11.4 Å². The van der Waals surface area contributed by atoms with E-state index in [4.69, 9.17) is 5.73 Å². The van der Waals surface area contributed by atoms with Gasteiger partial charge in [-0.05, 0) is 13.0 Å². The van der Waals surface area contributed by atoms with Gasteiger partial charge in [0.15, 0.2) is 0 Å². The summed E-state index contributed by atoms with van der Waals surface area (Å²) in [6.07, 6.45) is -4.27. The largest absolute Gasteiger partial charge is 0.406 e. The number of aryl methyl sites for hydroxylation is 1. The maximum absolute atomic E-state index is 12.2. The lowest BCUT2D eigenvalue weighted by Gasteiger charge is -2.19. The molecule has 1 aromatic heterocycles. The van der Waals surface area contributed by atoms with Gasteiger partial charge in [0, 0.05) is 19.3 Å². The Kier molecular flexibility index (Phi) is 3.69. The van der Waals surface area contributed by atoms with E-state index >= 15 is 0 Å². The summed E-state index contributed by atoms with van der Waals surface area (Å²) >= 11 is 0. The van der Waals surface area contributed by atoms with Crippen molar-refractivity contribution in [3.63, 3.8) is 0 Å². The Labute approximate surface area is 91.3 Å². The molecule has 0 aliphatic heterocycles. The minimum Gasteiger partial charge on any atom is -0.335 e. The van der Waals surface area contributed by atoms with E-state index in [1.54, 1.807) is 13.0 Å². The number of rotatable bonds is 3. The molecular formula is C9H13F3N4. The van der Waals surface area contributed by atoms with E-state index in [1.165, 1.54) is 7.05 Å². The number of hydrogen-bond donors (Lipinski definition) is 1. The van der Waals surface area contributed by atoms with Crippen molar-refractivity contribution in [2.24, 2.45) is 5.73 Å². The summed E-state index contributed by atoms with van der Waals surface area (Å²) in [5.74, 6) is 0.0396. The fraction of sp³-hybridized carbons (Fsp3) is 0.556. The van der Waals surface area contributed by atoms with E-state index in [1.807, 2.05) is 0 Å². The molecule has 2 N–H and O–H groups in total. The van der Waals surface area contributed by atoms with Crippen LogP contribution in [0.4, 0.5) is 19.1 Å². The third kappa shape index (κ3) is 3.65. The number of alkyl halides is 3. The topological polar surface area (TPSA) is 55.0 Å². The Balaban J connectivity index is 2.90. The van der Waals surface area contributed by atoms with Crippen molar-refractivity contribution >= 4 is 5.95 Å². The van der Waals surface area contributed by atoms with Crippen LogP contribution in [0.15, 0.2) is 6.07 Å². The fourth-order valence-electron chi connectivity index (χ4n) is 1.23. The normalized spacial score (nSPS) is 11.6. The summed E-state index contributed by atoms with van der Waals surface area (Å²) in [4.78, 5) is 8.80. The zero-order valence-corrected chi connectivity index (χ0v) is 9.04. The Bertz CT molecular complexity index is 364. The molecule has 0 aliphatic rings. The van der Waals surface area contributed by atoms with Gasteiger partial charge in [0.2, 0.25) is 5.95 Å². The molecule has 0 saturated heterocycles. The molecule has 7 heteroatoms. The third-order valence-corrected chi connectivity index (χ3v) is 1.86. The summed E-state index contributed by atoms with van der Waals surface area (Å²) < 4.78 is 36.5. The molecule has 0 aromatic carbocycles. The lowest BCUT2D eigenvalue weighted by atomic mass is 10.3. The lowest BCUT2D eigenvalue weighted by molar-refractivity contribution is -0.119. The summed E-state index contributed by atoms with van der Waals surface area (Å²) in [7, 11) is 1.29. The second kappa shape index (κ2) is 4.65. The molecule has 0 bridgehead atoms. The van der Waals surface area contributed by atoms with Crippen LogP contribution in [0.5, 0.6) is 0 Å². The number of nitrogens with zero attached hydrogens (tertiary/aromatic N) is 3. The van der Waals surface area contributed by atoms with E-state index in [2.05, 4.69) is 9.97 Å². The van der Waals surface area contributed by atoms with Gasteiger partial charge in [0.05, 0.1) is 5.69 Å². The van der Waals surface area contributed by atoms with Crippen molar-refractivity contribution in [3.8, 4) is 0 Å². The highest BCUT2D eigenvalue weighted by Gasteiger charge is 2.30. The van der Waals surface area contributed by atoms with Crippen LogP contribution in [0.3, 0.4) is 0 Å². The van der Waals surface area contributed by atoms with Crippen LogP contribution in [0.25, 0.3) is 0 Å². The van der Waals surface area contributed by atoms with E-state index in [0.29, 0.717) is 11.4 Å². The summed E-state index contributed by atoms with van der Waals surface area (Å²) in [5, 5.41) is 0. The molecular weight excluding hydrogens is 221 g/mol. The zero-order valence-electron chi connectivity index (χ0n) is 9.04. The number of halogens is 3. The quantitative estimate of drug-likeness (QED) is 0.855. The standard InChI is InChI=1S/C9H13F3N4/c1-6-3-7(4-13)15-8(14-6)16(2)5-9(10,11)12/h3H,4-5,13H2,1-2H3. The Morgan fingerprint density at radius 1 is 1.38 bits per heavy atom. The summed E-state index contributed by atoms with van der Waals surface area (Å²) in [6, 6.07) is 1.64. The first kappa shape index (κ1) is 12.7. The average Bonchev–Trinajstić information content (AvgIpc) is 2.14. The van der Waals surface area contributed by atoms with Gasteiger partial charge < -0.3 is 10.6 Å².